The summed E-state index contributed by atoms with van der Waals surface area (Å²) in [5, 5.41) is 0. The van der Waals surface area contributed by atoms with Crippen LogP contribution in [0, 0.1) is 0 Å². The van der Waals surface area contributed by atoms with Gasteiger partial charge in [0.05, 0.1) is 19.5 Å². The monoisotopic (exact) mass is 458 g/mol. The van der Waals surface area contributed by atoms with Crippen molar-refractivity contribution in [2.75, 3.05) is 19.5 Å². The third-order valence-electron chi connectivity index (χ3n) is 4.02. The van der Waals surface area contributed by atoms with E-state index in [1.807, 2.05) is 0 Å². The number of benzene rings is 1. The zero-order valence-electron chi connectivity index (χ0n) is 16.1. The molecule has 0 aliphatic carbocycles. The molecule has 0 atom stereocenters. The van der Waals surface area contributed by atoms with Gasteiger partial charge in [0.2, 0.25) is 5.88 Å². The van der Waals surface area contributed by atoms with Gasteiger partial charge in [-0.1, -0.05) is 0 Å². The maximum absolute atomic E-state index is 13.2. The van der Waals surface area contributed by atoms with Gasteiger partial charge in [-0.15, -0.1) is 0 Å². The molecule has 3 rings (SSSR count). The maximum atomic E-state index is 13.2. The smallest absolute Gasteiger partial charge is 0.468 e. The molecule has 0 fully saturated rings. The van der Waals surface area contributed by atoms with Crippen molar-refractivity contribution in [2.45, 2.75) is 12.6 Å². The Labute approximate surface area is 175 Å². The Bertz CT molecular complexity index is 1130. The van der Waals surface area contributed by atoms with E-state index in [4.69, 9.17) is 18.4 Å². The van der Waals surface area contributed by atoms with Crippen LogP contribution >= 0.6 is 0 Å². The highest BCUT2D eigenvalue weighted by Crippen LogP contribution is 2.38. The minimum absolute atomic E-state index is 0.0302. The molecule has 31 heavy (non-hydrogen) atoms. The molecule has 2 aromatic heterocycles. The molecule has 166 valence electrons. The number of oxazole rings is 1. The molecule has 3 aromatic rings. The lowest BCUT2D eigenvalue weighted by Crippen LogP contribution is -2.08. The molecule has 0 bridgehead atoms. The zero-order chi connectivity index (χ0) is 22.6. The Kier molecular flexibility index (Phi) is 6.51. The Hall–Kier alpha value is -3.12. The third-order valence-corrected chi connectivity index (χ3v) is 4.83. The van der Waals surface area contributed by atoms with Crippen molar-refractivity contribution in [1.29, 1.82) is 0 Å². The predicted octanol–water partition coefficient (Wildman–Crippen LogP) is 4.09. The summed E-state index contributed by atoms with van der Waals surface area (Å²) in [6.07, 6.45) is -3.37. The first-order valence-corrected chi connectivity index (χ1v) is 10.4. The number of alkyl halides is 3. The van der Waals surface area contributed by atoms with E-state index in [0.29, 0.717) is 22.8 Å². The minimum Gasteiger partial charge on any atom is -0.494 e. The molecule has 0 aliphatic rings. The van der Waals surface area contributed by atoms with Gasteiger partial charge in [-0.3, -0.25) is 4.55 Å². The molecule has 0 spiro atoms. The number of nitrogens with zero attached hydrogens (tertiary/aromatic N) is 2. The highest BCUT2D eigenvalue weighted by atomic mass is 32.2. The van der Waals surface area contributed by atoms with Crippen molar-refractivity contribution in [2.24, 2.45) is 0 Å². The summed E-state index contributed by atoms with van der Waals surface area (Å²) in [5.74, 6) is -1.28. The summed E-state index contributed by atoms with van der Waals surface area (Å²) in [6, 6.07) is 8.96. The molecular weight excluding hydrogens is 441 g/mol. The second-order valence-electron chi connectivity index (χ2n) is 6.30. The summed E-state index contributed by atoms with van der Waals surface area (Å²) in [6.45, 7) is 0.0302. The van der Waals surface area contributed by atoms with Crippen LogP contribution in [0.25, 0.3) is 22.6 Å². The van der Waals surface area contributed by atoms with E-state index in [-0.39, 0.29) is 24.5 Å². The molecule has 2 heterocycles. The van der Waals surface area contributed by atoms with E-state index in [0.717, 1.165) is 0 Å². The molecular formula is C19H17F3N2O6S. The quantitative estimate of drug-likeness (QED) is 0.397. The standard InChI is InChI=1S/C19H17F3N2O6S/c1-28-15-8-5-13(11-23-15)16-17(30-18(24-16)19(20,21)22)12-3-6-14(7-4-12)29-9-2-10-31(25,26)27/h3-8,11H,2,9-10H2,1H3,(H,25,26,27). The van der Waals surface area contributed by atoms with Gasteiger partial charge in [0.1, 0.15) is 11.4 Å². The number of rotatable bonds is 8. The van der Waals surface area contributed by atoms with Gasteiger partial charge in [-0.2, -0.15) is 21.6 Å². The fourth-order valence-electron chi connectivity index (χ4n) is 2.61. The maximum Gasteiger partial charge on any atom is 0.468 e. The van der Waals surface area contributed by atoms with Crippen molar-refractivity contribution in [3.63, 3.8) is 0 Å². The van der Waals surface area contributed by atoms with Gasteiger partial charge in [-0.05, 0) is 36.8 Å². The molecule has 0 saturated carbocycles. The lowest BCUT2D eigenvalue weighted by Gasteiger charge is -2.07. The predicted molar refractivity (Wildman–Crippen MR) is 103 cm³/mol. The Morgan fingerprint density at radius 2 is 1.77 bits per heavy atom. The van der Waals surface area contributed by atoms with Crippen LogP contribution in [-0.2, 0) is 16.3 Å². The van der Waals surface area contributed by atoms with Crippen molar-refractivity contribution in [1.82, 2.24) is 9.97 Å². The first-order valence-electron chi connectivity index (χ1n) is 8.83. The number of hydrogen-bond acceptors (Lipinski definition) is 7. The lowest BCUT2D eigenvalue weighted by atomic mass is 10.1. The molecule has 0 radical (unpaired) electrons. The van der Waals surface area contributed by atoms with Crippen LogP contribution in [-0.4, -0.2) is 42.4 Å². The van der Waals surface area contributed by atoms with E-state index in [1.54, 1.807) is 0 Å². The van der Waals surface area contributed by atoms with Crippen LogP contribution in [0.15, 0.2) is 47.0 Å². The van der Waals surface area contributed by atoms with Crippen molar-refractivity contribution in [3.05, 3.63) is 48.5 Å². The first kappa shape index (κ1) is 22.6. The Morgan fingerprint density at radius 3 is 2.32 bits per heavy atom. The van der Waals surface area contributed by atoms with Crippen molar-refractivity contribution < 1.29 is 40.0 Å². The zero-order valence-corrected chi connectivity index (χ0v) is 16.9. The van der Waals surface area contributed by atoms with Gasteiger partial charge in [0, 0.05) is 23.4 Å². The summed E-state index contributed by atoms with van der Waals surface area (Å²) in [7, 11) is -2.66. The van der Waals surface area contributed by atoms with Crippen molar-refractivity contribution >= 4 is 10.1 Å². The average molecular weight is 458 g/mol. The molecule has 0 unspecified atom stereocenters. The average Bonchev–Trinajstić information content (AvgIpc) is 3.17. The number of ether oxygens (including phenoxy) is 2. The van der Waals surface area contributed by atoms with Crippen LogP contribution < -0.4 is 9.47 Å². The van der Waals surface area contributed by atoms with Crippen molar-refractivity contribution in [3.8, 4) is 34.2 Å². The topological polar surface area (TPSA) is 112 Å². The number of pyridine rings is 1. The summed E-state index contributed by atoms with van der Waals surface area (Å²) < 4.78 is 85.0. The third kappa shape index (κ3) is 5.95. The number of aromatic nitrogens is 2. The van der Waals surface area contributed by atoms with E-state index < -0.39 is 27.9 Å². The lowest BCUT2D eigenvalue weighted by molar-refractivity contribution is -0.156. The molecule has 1 N–H and O–H groups in total. The van der Waals surface area contributed by atoms with Crippen LogP contribution in [0.5, 0.6) is 11.6 Å². The van der Waals surface area contributed by atoms with Gasteiger partial charge < -0.3 is 13.9 Å². The molecule has 12 heteroatoms. The fourth-order valence-corrected chi connectivity index (χ4v) is 3.09. The Balaban J connectivity index is 1.86. The highest BCUT2D eigenvalue weighted by Gasteiger charge is 2.39. The normalized spacial score (nSPS) is 12.0. The van der Waals surface area contributed by atoms with Gasteiger partial charge in [-0.25, -0.2) is 9.97 Å². The summed E-state index contributed by atoms with van der Waals surface area (Å²) in [5.41, 5.74) is 0.587. The van der Waals surface area contributed by atoms with Gasteiger partial charge >= 0.3 is 12.1 Å². The van der Waals surface area contributed by atoms with Crippen LogP contribution in [0.4, 0.5) is 13.2 Å². The summed E-state index contributed by atoms with van der Waals surface area (Å²) in [4.78, 5) is 7.59. The number of methoxy groups -OCH3 is 1. The molecule has 0 aliphatic heterocycles. The van der Waals surface area contributed by atoms with Gasteiger partial charge in [0.15, 0.2) is 5.76 Å². The second-order valence-corrected chi connectivity index (χ2v) is 7.87. The van der Waals surface area contributed by atoms with E-state index in [9.17, 15) is 21.6 Å². The van der Waals surface area contributed by atoms with Crippen LogP contribution in [0.2, 0.25) is 0 Å². The molecule has 8 nitrogen and oxygen atoms in total. The summed E-state index contributed by atoms with van der Waals surface area (Å²) >= 11 is 0. The first-order chi connectivity index (χ1) is 14.6. The van der Waals surface area contributed by atoms with E-state index in [1.165, 1.54) is 49.7 Å². The largest absolute Gasteiger partial charge is 0.494 e. The van der Waals surface area contributed by atoms with E-state index in [2.05, 4.69) is 9.97 Å². The molecule has 0 amide bonds. The Morgan fingerprint density at radius 1 is 1.10 bits per heavy atom. The van der Waals surface area contributed by atoms with E-state index >= 15 is 0 Å². The van der Waals surface area contributed by atoms with Crippen LogP contribution in [0.3, 0.4) is 0 Å². The minimum atomic E-state index is -4.77. The van der Waals surface area contributed by atoms with Crippen LogP contribution in [0.1, 0.15) is 12.3 Å². The SMILES string of the molecule is COc1ccc(-c2nc(C(F)(F)F)oc2-c2ccc(OCCCS(=O)(=O)O)cc2)cn1. The fraction of sp³-hybridized carbons (Fsp3) is 0.263. The molecule has 1 aromatic carbocycles. The highest BCUT2D eigenvalue weighted by molar-refractivity contribution is 7.85. The molecule has 0 saturated heterocycles. The van der Waals surface area contributed by atoms with Gasteiger partial charge in [0.25, 0.3) is 10.1 Å². The second kappa shape index (κ2) is 8.94. The number of halogens is 3. The number of hydrogen-bond donors (Lipinski definition) is 1.